The molecule has 1 rings (SSSR count). The number of nitrogens with one attached hydrogen (secondary N) is 1. The lowest BCUT2D eigenvalue weighted by atomic mass is 10.1. The van der Waals surface area contributed by atoms with E-state index in [1.54, 1.807) is 6.92 Å². The van der Waals surface area contributed by atoms with Gasteiger partial charge >= 0.3 is 0 Å². The first-order valence-corrected chi connectivity index (χ1v) is 6.67. The molecule has 19 heavy (non-hydrogen) atoms. The zero-order valence-corrected chi connectivity index (χ0v) is 12.0. The summed E-state index contributed by atoms with van der Waals surface area (Å²) < 4.78 is 0. The summed E-state index contributed by atoms with van der Waals surface area (Å²) in [7, 11) is 4.00. The van der Waals surface area contributed by atoms with Crippen LogP contribution in [0.3, 0.4) is 0 Å². The molecule has 0 aliphatic heterocycles. The number of carbonyl (C=O) groups excluding carboxylic acids is 1. The maximum atomic E-state index is 11.7. The highest BCUT2D eigenvalue weighted by Gasteiger charge is 2.14. The predicted octanol–water partition coefficient (Wildman–Crippen LogP) is 1.57. The van der Waals surface area contributed by atoms with Crippen LogP contribution in [0.25, 0.3) is 0 Å². The second kappa shape index (κ2) is 7.92. The smallest absolute Gasteiger partial charge is 0.220 e. The fourth-order valence-electron chi connectivity index (χ4n) is 1.91. The van der Waals surface area contributed by atoms with E-state index in [0.717, 1.165) is 0 Å². The lowest BCUT2D eigenvalue weighted by molar-refractivity contribution is -0.121. The number of hydrogen-bond donors (Lipinski definition) is 2. The molecular weight excluding hydrogens is 240 g/mol. The molecule has 0 spiro atoms. The van der Waals surface area contributed by atoms with Gasteiger partial charge in [0.2, 0.25) is 5.91 Å². The van der Waals surface area contributed by atoms with Crippen molar-refractivity contribution < 1.29 is 9.90 Å². The Morgan fingerprint density at radius 2 is 1.95 bits per heavy atom. The largest absolute Gasteiger partial charge is 0.393 e. The van der Waals surface area contributed by atoms with Crippen molar-refractivity contribution in [3.8, 4) is 0 Å². The van der Waals surface area contributed by atoms with Crippen molar-refractivity contribution in [1.82, 2.24) is 10.2 Å². The molecule has 106 valence electrons. The summed E-state index contributed by atoms with van der Waals surface area (Å²) in [5, 5.41) is 12.1. The summed E-state index contributed by atoms with van der Waals surface area (Å²) in [5.74, 6) is -0.0105. The van der Waals surface area contributed by atoms with E-state index in [9.17, 15) is 4.79 Å². The average molecular weight is 264 g/mol. The Balaban J connectivity index is 2.49. The Bertz CT molecular complexity index is 377. The fourth-order valence-corrected chi connectivity index (χ4v) is 1.91. The quantitative estimate of drug-likeness (QED) is 0.786. The monoisotopic (exact) mass is 264 g/mol. The molecule has 0 heterocycles. The number of amides is 1. The lowest BCUT2D eigenvalue weighted by Crippen LogP contribution is -2.34. The second-order valence-corrected chi connectivity index (χ2v) is 5.08. The molecule has 1 aromatic carbocycles. The third kappa shape index (κ3) is 5.85. The summed E-state index contributed by atoms with van der Waals surface area (Å²) in [6.45, 7) is 2.27. The Kier molecular flexibility index (Phi) is 6.53. The van der Waals surface area contributed by atoms with Crippen molar-refractivity contribution in [1.29, 1.82) is 0 Å². The topological polar surface area (TPSA) is 52.6 Å². The number of nitrogens with zero attached hydrogens (tertiary/aromatic N) is 1. The van der Waals surface area contributed by atoms with E-state index < -0.39 is 6.10 Å². The minimum atomic E-state index is -0.426. The molecule has 1 aromatic rings. The van der Waals surface area contributed by atoms with Gasteiger partial charge in [-0.2, -0.15) is 0 Å². The number of benzene rings is 1. The van der Waals surface area contributed by atoms with Crippen LogP contribution in [0, 0.1) is 0 Å². The van der Waals surface area contributed by atoms with Gasteiger partial charge in [-0.25, -0.2) is 0 Å². The number of rotatable bonds is 7. The summed E-state index contributed by atoms with van der Waals surface area (Å²) >= 11 is 0. The van der Waals surface area contributed by atoms with E-state index in [0.29, 0.717) is 19.4 Å². The van der Waals surface area contributed by atoms with E-state index in [1.807, 2.05) is 32.3 Å². The van der Waals surface area contributed by atoms with Crippen molar-refractivity contribution in [3.05, 3.63) is 35.9 Å². The van der Waals surface area contributed by atoms with Gasteiger partial charge in [-0.05, 0) is 33.0 Å². The first-order valence-electron chi connectivity index (χ1n) is 6.67. The van der Waals surface area contributed by atoms with Gasteiger partial charge in [0.15, 0.2) is 0 Å². The van der Waals surface area contributed by atoms with E-state index in [2.05, 4.69) is 22.3 Å². The van der Waals surface area contributed by atoms with Crippen LogP contribution in [0.1, 0.15) is 31.4 Å². The Labute approximate surface area is 115 Å². The molecule has 2 unspecified atom stereocenters. The Hall–Kier alpha value is -1.39. The normalized spacial score (nSPS) is 14.2. The van der Waals surface area contributed by atoms with E-state index >= 15 is 0 Å². The van der Waals surface area contributed by atoms with E-state index in [1.165, 1.54) is 5.56 Å². The molecule has 0 aromatic heterocycles. The molecule has 0 saturated heterocycles. The van der Waals surface area contributed by atoms with Gasteiger partial charge < -0.3 is 15.3 Å². The summed E-state index contributed by atoms with van der Waals surface area (Å²) in [6.07, 6.45) is 0.445. The van der Waals surface area contributed by atoms with Gasteiger partial charge in [-0.1, -0.05) is 30.3 Å². The summed E-state index contributed by atoms with van der Waals surface area (Å²) in [4.78, 5) is 13.8. The third-order valence-corrected chi connectivity index (χ3v) is 3.09. The van der Waals surface area contributed by atoms with Gasteiger partial charge in [0.05, 0.1) is 12.1 Å². The van der Waals surface area contributed by atoms with Crippen LogP contribution in [0.15, 0.2) is 30.3 Å². The Morgan fingerprint density at radius 3 is 2.47 bits per heavy atom. The molecule has 2 N–H and O–H groups in total. The molecule has 0 aliphatic carbocycles. The first kappa shape index (κ1) is 15.7. The van der Waals surface area contributed by atoms with Crippen LogP contribution >= 0.6 is 0 Å². The highest BCUT2D eigenvalue weighted by molar-refractivity contribution is 5.75. The molecule has 4 nitrogen and oxygen atoms in total. The van der Waals surface area contributed by atoms with Gasteiger partial charge in [-0.15, -0.1) is 0 Å². The lowest BCUT2D eigenvalue weighted by Gasteiger charge is -2.25. The Morgan fingerprint density at radius 1 is 1.32 bits per heavy atom. The molecule has 0 radical (unpaired) electrons. The predicted molar refractivity (Wildman–Crippen MR) is 76.8 cm³/mol. The zero-order valence-electron chi connectivity index (χ0n) is 12.0. The highest BCUT2D eigenvalue weighted by atomic mass is 16.3. The minimum Gasteiger partial charge on any atom is -0.393 e. The number of aliphatic hydroxyl groups excluding tert-OH is 1. The second-order valence-electron chi connectivity index (χ2n) is 5.08. The molecule has 0 aliphatic rings. The van der Waals surface area contributed by atoms with Crippen LogP contribution in [0.5, 0.6) is 0 Å². The van der Waals surface area contributed by atoms with Crippen LogP contribution in [-0.4, -0.2) is 42.7 Å². The molecule has 1 amide bonds. The number of aliphatic hydroxyl groups is 1. The molecule has 0 fully saturated rings. The fraction of sp³-hybridized carbons (Fsp3) is 0.533. The maximum absolute atomic E-state index is 11.7. The van der Waals surface area contributed by atoms with Crippen molar-refractivity contribution in [2.24, 2.45) is 0 Å². The van der Waals surface area contributed by atoms with Gasteiger partial charge in [-0.3, -0.25) is 4.79 Å². The van der Waals surface area contributed by atoms with Gasteiger partial charge in [0.25, 0.3) is 0 Å². The molecule has 4 heteroatoms. The number of carbonyl (C=O) groups is 1. The zero-order chi connectivity index (χ0) is 14.3. The molecule has 2 atom stereocenters. The van der Waals surface area contributed by atoms with Crippen LogP contribution in [0.4, 0.5) is 0 Å². The first-order chi connectivity index (χ1) is 9.00. The van der Waals surface area contributed by atoms with Crippen molar-refractivity contribution in [2.45, 2.75) is 31.9 Å². The van der Waals surface area contributed by atoms with Crippen molar-refractivity contribution in [2.75, 3.05) is 20.6 Å². The van der Waals surface area contributed by atoms with Gasteiger partial charge in [0, 0.05) is 13.0 Å². The number of likely N-dealkylation sites (N-methyl/N-ethyl adjacent to an activating group) is 1. The minimum absolute atomic E-state index is 0.0105. The number of hydrogen-bond acceptors (Lipinski definition) is 3. The van der Waals surface area contributed by atoms with Crippen LogP contribution in [-0.2, 0) is 4.79 Å². The van der Waals surface area contributed by atoms with E-state index in [4.69, 9.17) is 5.11 Å². The van der Waals surface area contributed by atoms with Crippen molar-refractivity contribution >= 4 is 5.91 Å². The van der Waals surface area contributed by atoms with Gasteiger partial charge in [0.1, 0.15) is 0 Å². The van der Waals surface area contributed by atoms with E-state index in [-0.39, 0.29) is 11.9 Å². The summed E-state index contributed by atoms with van der Waals surface area (Å²) in [5.41, 5.74) is 1.18. The van der Waals surface area contributed by atoms with Crippen LogP contribution in [0.2, 0.25) is 0 Å². The average Bonchev–Trinajstić information content (AvgIpc) is 2.37. The maximum Gasteiger partial charge on any atom is 0.220 e. The SMILES string of the molecule is CC(O)CCC(=O)NCC(c1ccccc1)N(C)C. The van der Waals surface area contributed by atoms with Crippen molar-refractivity contribution in [3.63, 3.8) is 0 Å². The molecule has 0 bridgehead atoms. The molecular formula is C15H24N2O2. The highest BCUT2D eigenvalue weighted by Crippen LogP contribution is 2.16. The van der Waals surface area contributed by atoms with Crippen LogP contribution < -0.4 is 5.32 Å². The standard InChI is InChI=1S/C15H24N2O2/c1-12(18)9-10-15(19)16-11-14(17(2)3)13-7-5-4-6-8-13/h4-8,12,14,18H,9-11H2,1-3H3,(H,16,19). The third-order valence-electron chi connectivity index (χ3n) is 3.09. The molecule has 0 saturated carbocycles. The summed E-state index contributed by atoms with van der Waals surface area (Å²) in [6, 6.07) is 10.3.